The third-order valence-electron chi connectivity index (χ3n) is 7.11. The van der Waals surface area contributed by atoms with Crippen LogP contribution in [0.5, 0.6) is 0 Å². The van der Waals surface area contributed by atoms with Crippen LogP contribution < -0.4 is 5.32 Å². The van der Waals surface area contributed by atoms with E-state index in [0.29, 0.717) is 12.5 Å². The summed E-state index contributed by atoms with van der Waals surface area (Å²) in [5, 5.41) is 3.00. The standard InChI is InChI=1S/C29H34N4O3/c1-21-9-7-14-24(17-21)33-19-26(22-10-3-2-4-11-22)30-29(33)31-27(34)20-32(18-25-15-8-16-36-25)28(35)23-12-5-6-13-23/h2-4,7,9-11,14,17,19,23,25H,5-6,8,12-13,15-16,18,20H2,1H3,(H,30,31,34). The summed E-state index contributed by atoms with van der Waals surface area (Å²) in [6.07, 6.45) is 7.82. The zero-order valence-corrected chi connectivity index (χ0v) is 20.9. The van der Waals surface area contributed by atoms with Crippen LogP contribution in [-0.2, 0) is 14.3 Å². The maximum Gasteiger partial charge on any atom is 0.246 e. The van der Waals surface area contributed by atoms with Gasteiger partial charge in [-0.1, -0.05) is 55.3 Å². The van der Waals surface area contributed by atoms with Gasteiger partial charge < -0.3 is 9.64 Å². The van der Waals surface area contributed by atoms with E-state index in [2.05, 4.69) is 11.4 Å². The van der Waals surface area contributed by atoms with E-state index in [1.165, 1.54) is 0 Å². The van der Waals surface area contributed by atoms with Gasteiger partial charge in [0, 0.05) is 36.5 Å². The smallest absolute Gasteiger partial charge is 0.246 e. The summed E-state index contributed by atoms with van der Waals surface area (Å²) in [5.74, 6) is 0.275. The van der Waals surface area contributed by atoms with Crippen molar-refractivity contribution >= 4 is 17.8 Å². The Morgan fingerprint density at radius 1 is 1.06 bits per heavy atom. The minimum Gasteiger partial charge on any atom is -0.376 e. The Morgan fingerprint density at radius 2 is 1.86 bits per heavy atom. The number of carbonyl (C=O) groups excluding carboxylic acids is 2. The van der Waals surface area contributed by atoms with Crippen molar-refractivity contribution in [2.24, 2.45) is 5.92 Å². The van der Waals surface area contributed by atoms with Crippen LogP contribution in [0.1, 0.15) is 44.1 Å². The second kappa shape index (κ2) is 11.1. The number of aryl methyl sites for hydroxylation is 1. The third kappa shape index (κ3) is 5.68. The SMILES string of the molecule is Cc1cccc(-n2cc(-c3ccccc3)nc2NC(=O)CN(CC2CCCO2)C(=O)C2CCCC2)c1. The molecular weight excluding hydrogens is 452 g/mol. The minimum atomic E-state index is -0.251. The largest absolute Gasteiger partial charge is 0.376 e. The van der Waals surface area contributed by atoms with E-state index in [4.69, 9.17) is 9.72 Å². The Bertz CT molecular complexity index is 1190. The molecule has 1 atom stereocenters. The predicted octanol–water partition coefficient (Wildman–Crippen LogP) is 4.98. The number of hydrogen-bond donors (Lipinski definition) is 1. The third-order valence-corrected chi connectivity index (χ3v) is 7.11. The van der Waals surface area contributed by atoms with E-state index in [1.54, 1.807) is 4.90 Å². The van der Waals surface area contributed by atoms with Crippen LogP contribution >= 0.6 is 0 Å². The molecule has 1 saturated heterocycles. The number of aromatic nitrogens is 2. The molecule has 36 heavy (non-hydrogen) atoms. The molecular formula is C29H34N4O3. The molecule has 2 amide bonds. The lowest BCUT2D eigenvalue weighted by molar-refractivity contribution is -0.139. The first-order valence-electron chi connectivity index (χ1n) is 13.0. The van der Waals surface area contributed by atoms with Crippen molar-refractivity contribution < 1.29 is 14.3 Å². The molecule has 7 heteroatoms. The summed E-state index contributed by atoms with van der Waals surface area (Å²) in [6.45, 7) is 3.22. The highest BCUT2D eigenvalue weighted by Crippen LogP contribution is 2.28. The molecule has 0 spiro atoms. The Kier molecular flexibility index (Phi) is 7.47. The van der Waals surface area contributed by atoms with E-state index in [9.17, 15) is 9.59 Å². The van der Waals surface area contributed by atoms with Crippen molar-refractivity contribution in [3.05, 3.63) is 66.4 Å². The molecule has 1 N–H and O–H groups in total. The van der Waals surface area contributed by atoms with Crippen LogP contribution in [0.2, 0.25) is 0 Å². The van der Waals surface area contributed by atoms with Crippen LogP contribution in [0.3, 0.4) is 0 Å². The van der Waals surface area contributed by atoms with E-state index in [1.807, 2.05) is 66.2 Å². The zero-order chi connectivity index (χ0) is 24.9. The summed E-state index contributed by atoms with van der Waals surface area (Å²) in [4.78, 5) is 33.1. The number of ether oxygens (including phenoxy) is 1. The van der Waals surface area contributed by atoms with Crippen molar-refractivity contribution in [2.75, 3.05) is 25.0 Å². The van der Waals surface area contributed by atoms with Crippen molar-refractivity contribution in [3.63, 3.8) is 0 Å². The van der Waals surface area contributed by atoms with Gasteiger partial charge in [0.25, 0.3) is 0 Å². The van der Waals surface area contributed by atoms with Gasteiger partial charge in [0.2, 0.25) is 17.8 Å². The molecule has 0 radical (unpaired) electrons. The maximum absolute atomic E-state index is 13.3. The molecule has 1 saturated carbocycles. The number of anilines is 1. The minimum absolute atomic E-state index is 0.00196. The molecule has 0 bridgehead atoms. The van der Waals surface area contributed by atoms with Gasteiger partial charge in [-0.05, 0) is 50.3 Å². The van der Waals surface area contributed by atoms with Crippen LogP contribution in [0.15, 0.2) is 60.8 Å². The first-order chi connectivity index (χ1) is 17.6. The van der Waals surface area contributed by atoms with Crippen LogP contribution in [0, 0.1) is 12.8 Å². The summed E-state index contributed by atoms with van der Waals surface area (Å²) in [6, 6.07) is 18.0. The number of imidazole rings is 1. The molecule has 1 unspecified atom stereocenters. The highest BCUT2D eigenvalue weighted by atomic mass is 16.5. The number of nitrogens with zero attached hydrogens (tertiary/aromatic N) is 3. The van der Waals surface area contributed by atoms with Gasteiger partial charge in [-0.2, -0.15) is 0 Å². The van der Waals surface area contributed by atoms with Gasteiger partial charge in [-0.3, -0.25) is 19.5 Å². The molecule has 1 aliphatic carbocycles. The van der Waals surface area contributed by atoms with Crippen molar-refractivity contribution in [1.82, 2.24) is 14.5 Å². The van der Waals surface area contributed by atoms with Gasteiger partial charge in [0.05, 0.1) is 11.8 Å². The highest BCUT2D eigenvalue weighted by Gasteiger charge is 2.31. The average molecular weight is 487 g/mol. The molecule has 2 fully saturated rings. The number of carbonyl (C=O) groups is 2. The second-order valence-corrected chi connectivity index (χ2v) is 9.91. The summed E-state index contributed by atoms with van der Waals surface area (Å²) < 4.78 is 7.69. The summed E-state index contributed by atoms with van der Waals surface area (Å²) in [7, 11) is 0. The van der Waals surface area contributed by atoms with Crippen LogP contribution in [-0.4, -0.2) is 52.1 Å². The fraction of sp³-hybridized carbons (Fsp3) is 0.414. The lowest BCUT2D eigenvalue weighted by atomic mass is 10.1. The molecule has 7 nitrogen and oxygen atoms in total. The first kappa shape index (κ1) is 24.3. The lowest BCUT2D eigenvalue weighted by Crippen LogP contribution is -2.44. The molecule has 1 aliphatic heterocycles. The van der Waals surface area contributed by atoms with Gasteiger partial charge in [-0.15, -0.1) is 0 Å². The van der Waals surface area contributed by atoms with Crippen molar-refractivity contribution in [3.8, 4) is 16.9 Å². The normalized spacial score (nSPS) is 17.9. The predicted molar refractivity (Wildman–Crippen MR) is 140 cm³/mol. The Hall–Kier alpha value is -3.45. The Morgan fingerprint density at radius 3 is 2.58 bits per heavy atom. The molecule has 2 aromatic carbocycles. The van der Waals surface area contributed by atoms with E-state index < -0.39 is 0 Å². The molecule has 2 aliphatic rings. The van der Waals surface area contributed by atoms with Crippen LogP contribution in [0.4, 0.5) is 5.95 Å². The number of hydrogen-bond acceptors (Lipinski definition) is 4. The number of amides is 2. The Balaban J connectivity index is 1.38. The van der Waals surface area contributed by atoms with Crippen molar-refractivity contribution in [2.45, 2.75) is 51.6 Å². The molecule has 2 heterocycles. The van der Waals surface area contributed by atoms with Crippen molar-refractivity contribution in [1.29, 1.82) is 0 Å². The highest BCUT2D eigenvalue weighted by molar-refractivity contribution is 5.94. The quantitative estimate of drug-likeness (QED) is 0.487. The van der Waals surface area contributed by atoms with Crippen LogP contribution in [0.25, 0.3) is 16.9 Å². The second-order valence-electron chi connectivity index (χ2n) is 9.91. The van der Waals surface area contributed by atoms with E-state index >= 15 is 0 Å². The molecule has 188 valence electrons. The molecule has 1 aromatic heterocycles. The fourth-order valence-electron chi connectivity index (χ4n) is 5.23. The number of nitrogens with one attached hydrogen (secondary N) is 1. The fourth-order valence-corrected chi connectivity index (χ4v) is 5.23. The maximum atomic E-state index is 13.3. The molecule has 3 aromatic rings. The Labute approximate surface area is 212 Å². The topological polar surface area (TPSA) is 76.5 Å². The first-order valence-corrected chi connectivity index (χ1v) is 13.0. The lowest BCUT2D eigenvalue weighted by Gasteiger charge is -2.27. The number of benzene rings is 2. The van der Waals surface area contributed by atoms with E-state index in [0.717, 1.165) is 67.6 Å². The summed E-state index contributed by atoms with van der Waals surface area (Å²) >= 11 is 0. The number of rotatable bonds is 8. The molecule has 5 rings (SSSR count). The van der Waals surface area contributed by atoms with Gasteiger partial charge in [-0.25, -0.2) is 4.98 Å². The monoisotopic (exact) mass is 486 g/mol. The van der Waals surface area contributed by atoms with Gasteiger partial charge in [0.1, 0.15) is 6.54 Å². The van der Waals surface area contributed by atoms with Gasteiger partial charge in [0.15, 0.2) is 0 Å². The van der Waals surface area contributed by atoms with E-state index in [-0.39, 0.29) is 30.4 Å². The van der Waals surface area contributed by atoms with Gasteiger partial charge >= 0.3 is 0 Å². The average Bonchev–Trinajstić information content (AvgIpc) is 3.66. The summed E-state index contributed by atoms with van der Waals surface area (Å²) in [5.41, 5.74) is 3.77. The zero-order valence-electron chi connectivity index (χ0n) is 20.9.